The number of likely N-dealkylation sites (N-methyl/N-ethyl adjacent to an activating group) is 1. The number of nitrogens with one attached hydrogen (secondary N) is 1. The molecule has 19 heavy (non-hydrogen) atoms. The van der Waals surface area contributed by atoms with Crippen LogP contribution >= 0.6 is 15.9 Å². The molecule has 2 nitrogen and oxygen atoms in total. The van der Waals surface area contributed by atoms with E-state index in [-0.39, 0.29) is 6.04 Å². The number of aromatic nitrogens is 1. The van der Waals surface area contributed by atoms with Crippen molar-refractivity contribution in [2.45, 2.75) is 51.5 Å². The highest BCUT2D eigenvalue weighted by Gasteiger charge is 2.17. The first-order valence-corrected chi connectivity index (χ1v) is 8.14. The molecule has 1 heterocycles. The van der Waals surface area contributed by atoms with Gasteiger partial charge < -0.3 is 5.32 Å². The lowest BCUT2D eigenvalue weighted by molar-refractivity contribution is 0.546. The van der Waals surface area contributed by atoms with Crippen LogP contribution < -0.4 is 5.32 Å². The number of pyridine rings is 1. The lowest BCUT2D eigenvalue weighted by atomic mass is 9.93. The predicted octanol–water partition coefficient (Wildman–Crippen LogP) is 4.78. The van der Waals surface area contributed by atoms with Gasteiger partial charge in [-0.3, -0.25) is 4.98 Å². The van der Waals surface area contributed by atoms with Gasteiger partial charge in [0.1, 0.15) is 0 Å². The standard InChI is InChI=1S/C16H23BrN2/c1-2-18-16(15-11-10-14(17)12-19-15)13-8-6-4-3-5-7-9-13/h8,10-12,16,18H,2-7,9H2,1H3/b13-8+. The first-order valence-electron chi connectivity index (χ1n) is 7.35. The van der Waals surface area contributed by atoms with E-state index >= 15 is 0 Å². The summed E-state index contributed by atoms with van der Waals surface area (Å²) in [5.74, 6) is 0. The van der Waals surface area contributed by atoms with Crippen molar-refractivity contribution in [1.82, 2.24) is 10.3 Å². The molecule has 0 spiro atoms. The predicted molar refractivity (Wildman–Crippen MR) is 84.1 cm³/mol. The molecule has 0 aromatic carbocycles. The van der Waals surface area contributed by atoms with Gasteiger partial charge in [-0.25, -0.2) is 0 Å². The zero-order valence-electron chi connectivity index (χ0n) is 11.7. The van der Waals surface area contributed by atoms with Gasteiger partial charge in [0, 0.05) is 10.7 Å². The molecule has 104 valence electrons. The number of hydrogen-bond acceptors (Lipinski definition) is 2. The highest BCUT2D eigenvalue weighted by Crippen LogP contribution is 2.28. The first-order chi connectivity index (χ1) is 9.31. The van der Waals surface area contributed by atoms with Gasteiger partial charge in [0.05, 0.1) is 11.7 Å². The maximum atomic E-state index is 4.58. The second kappa shape index (κ2) is 7.81. The van der Waals surface area contributed by atoms with Crippen molar-refractivity contribution < 1.29 is 0 Å². The van der Waals surface area contributed by atoms with E-state index in [0.717, 1.165) is 16.7 Å². The third-order valence-corrected chi connectivity index (χ3v) is 4.12. The molecule has 0 bridgehead atoms. The highest BCUT2D eigenvalue weighted by molar-refractivity contribution is 9.10. The quantitative estimate of drug-likeness (QED) is 0.807. The van der Waals surface area contributed by atoms with E-state index in [2.05, 4.69) is 51.4 Å². The Balaban J connectivity index is 2.20. The molecule has 1 aromatic heterocycles. The third-order valence-electron chi connectivity index (χ3n) is 3.65. The van der Waals surface area contributed by atoms with Crippen LogP contribution in [0, 0.1) is 0 Å². The molecule has 1 atom stereocenters. The van der Waals surface area contributed by atoms with Gasteiger partial charge in [0.25, 0.3) is 0 Å². The summed E-state index contributed by atoms with van der Waals surface area (Å²) in [5, 5.41) is 3.59. The maximum absolute atomic E-state index is 4.58. The van der Waals surface area contributed by atoms with Crippen molar-refractivity contribution in [3.63, 3.8) is 0 Å². The van der Waals surface area contributed by atoms with Gasteiger partial charge in [-0.05, 0) is 60.3 Å². The maximum Gasteiger partial charge on any atom is 0.0710 e. The van der Waals surface area contributed by atoms with Crippen LogP contribution in [0.3, 0.4) is 0 Å². The molecule has 2 rings (SSSR count). The van der Waals surface area contributed by atoms with Gasteiger partial charge in [-0.2, -0.15) is 0 Å². The van der Waals surface area contributed by atoms with Crippen LogP contribution in [0.4, 0.5) is 0 Å². The van der Waals surface area contributed by atoms with E-state index in [1.54, 1.807) is 0 Å². The van der Waals surface area contributed by atoms with Crippen LogP contribution in [-0.2, 0) is 0 Å². The third kappa shape index (κ3) is 4.43. The Morgan fingerprint density at radius 3 is 2.84 bits per heavy atom. The molecule has 0 aliphatic heterocycles. The fourth-order valence-electron chi connectivity index (χ4n) is 2.67. The number of rotatable bonds is 4. The van der Waals surface area contributed by atoms with Crippen LogP contribution in [0.25, 0.3) is 0 Å². The molecule has 1 aliphatic rings. The molecule has 0 radical (unpaired) electrons. The summed E-state index contributed by atoms with van der Waals surface area (Å²) < 4.78 is 1.04. The zero-order valence-corrected chi connectivity index (χ0v) is 13.2. The first kappa shape index (κ1) is 14.7. The van der Waals surface area contributed by atoms with E-state index in [9.17, 15) is 0 Å². The lowest BCUT2D eigenvalue weighted by Gasteiger charge is -2.22. The molecule has 1 unspecified atom stereocenters. The minimum atomic E-state index is 0.288. The fraction of sp³-hybridized carbons (Fsp3) is 0.562. The summed E-state index contributed by atoms with van der Waals surface area (Å²) in [7, 11) is 0. The summed E-state index contributed by atoms with van der Waals surface area (Å²) in [6, 6.07) is 4.49. The van der Waals surface area contributed by atoms with E-state index in [4.69, 9.17) is 0 Å². The number of halogens is 1. The molecule has 1 aliphatic carbocycles. The van der Waals surface area contributed by atoms with Crippen LogP contribution in [0.5, 0.6) is 0 Å². The van der Waals surface area contributed by atoms with Gasteiger partial charge in [0.15, 0.2) is 0 Å². The summed E-state index contributed by atoms with van der Waals surface area (Å²) in [6.07, 6.45) is 12.1. The van der Waals surface area contributed by atoms with Crippen LogP contribution in [-0.4, -0.2) is 11.5 Å². The van der Waals surface area contributed by atoms with Crippen molar-refractivity contribution >= 4 is 15.9 Å². The molecule has 1 aromatic rings. The van der Waals surface area contributed by atoms with Crippen molar-refractivity contribution in [3.05, 3.63) is 40.1 Å². The summed E-state index contributed by atoms with van der Waals surface area (Å²) in [5.41, 5.74) is 2.66. The molecule has 3 heteroatoms. The van der Waals surface area contributed by atoms with Gasteiger partial charge in [-0.1, -0.05) is 31.4 Å². The van der Waals surface area contributed by atoms with Crippen molar-refractivity contribution in [2.24, 2.45) is 0 Å². The number of hydrogen-bond donors (Lipinski definition) is 1. The van der Waals surface area contributed by atoms with Gasteiger partial charge in [0.2, 0.25) is 0 Å². The molecular weight excluding hydrogens is 300 g/mol. The van der Waals surface area contributed by atoms with E-state index in [1.165, 1.54) is 44.1 Å². The Morgan fingerprint density at radius 2 is 2.11 bits per heavy atom. The minimum absolute atomic E-state index is 0.288. The van der Waals surface area contributed by atoms with E-state index < -0.39 is 0 Å². The Labute approximate surface area is 124 Å². The summed E-state index contributed by atoms with van der Waals surface area (Å²) >= 11 is 3.45. The minimum Gasteiger partial charge on any atom is -0.306 e. The SMILES string of the molecule is CCNC(/C1=C/CCCCCC1)c1ccc(Br)cn1. The Kier molecular flexibility index (Phi) is 6.05. The average Bonchev–Trinajstić information content (AvgIpc) is 2.38. The molecule has 0 saturated heterocycles. The average molecular weight is 323 g/mol. The molecule has 0 amide bonds. The normalized spacial score (nSPS) is 21.1. The Morgan fingerprint density at radius 1 is 1.26 bits per heavy atom. The Bertz CT molecular complexity index is 411. The lowest BCUT2D eigenvalue weighted by Crippen LogP contribution is -2.24. The largest absolute Gasteiger partial charge is 0.306 e. The fourth-order valence-corrected chi connectivity index (χ4v) is 2.90. The Hall–Kier alpha value is -0.670. The zero-order chi connectivity index (χ0) is 13.5. The highest BCUT2D eigenvalue weighted by atomic mass is 79.9. The van der Waals surface area contributed by atoms with Crippen molar-refractivity contribution in [2.75, 3.05) is 6.54 Å². The molecule has 1 N–H and O–H groups in total. The second-order valence-corrected chi connectivity index (χ2v) is 6.04. The molecule has 0 saturated carbocycles. The smallest absolute Gasteiger partial charge is 0.0710 e. The summed E-state index contributed by atoms with van der Waals surface area (Å²) in [6.45, 7) is 3.13. The number of allylic oxidation sites excluding steroid dienone is 1. The van der Waals surface area contributed by atoms with Gasteiger partial charge >= 0.3 is 0 Å². The number of nitrogens with zero attached hydrogens (tertiary/aromatic N) is 1. The molecule has 0 fully saturated rings. The van der Waals surface area contributed by atoms with E-state index in [1.807, 2.05) is 6.20 Å². The van der Waals surface area contributed by atoms with Crippen LogP contribution in [0.1, 0.15) is 57.2 Å². The van der Waals surface area contributed by atoms with Crippen LogP contribution in [0.15, 0.2) is 34.5 Å². The van der Waals surface area contributed by atoms with Gasteiger partial charge in [-0.15, -0.1) is 0 Å². The molecular formula is C16H23BrN2. The van der Waals surface area contributed by atoms with Crippen LogP contribution in [0.2, 0.25) is 0 Å². The van der Waals surface area contributed by atoms with Crippen molar-refractivity contribution in [1.29, 1.82) is 0 Å². The summed E-state index contributed by atoms with van der Waals surface area (Å²) in [4.78, 5) is 4.58. The van der Waals surface area contributed by atoms with E-state index in [0.29, 0.717) is 0 Å². The van der Waals surface area contributed by atoms with Crippen molar-refractivity contribution in [3.8, 4) is 0 Å². The monoisotopic (exact) mass is 322 g/mol. The second-order valence-electron chi connectivity index (χ2n) is 5.12. The topological polar surface area (TPSA) is 24.9 Å².